The van der Waals surface area contributed by atoms with Crippen molar-refractivity contribution in [3.8, 4) is 5.69 Å². The van der Waals surface area contributed by atoms with Crippen LogP contribution in [-0.2, 0) is 6.54 Å². The van der Waals surface area contributed by atoms with Crippen molar-refractivity contribution in [1.29, 1.82) is 0 Å². The normalized spacial score (nSPS) is 10.6. The fourth-order valence-electron chi connectivity index (χ4n) is 2.07. The van der Waals surface area contributed by atoms with Gasteiger partial charge in [-0.2, -0.15) is 0 Å². The smallest absolute Gasteiger partial charge is 0.126 e. The molecule has 0 aliphatic heterocycles. The number of hydrogen-bond acceptors (Lipinski definition) is 3. The van der Waals surface area contributed by atoms with Crippen molar-refractivity contribution >= 4 is 5.69 Å². The molecule has 0 unspecified atom stereocenters. The standard InChI is InChI=1S/C15H12F2N4/c16-12-7-11(8-13(17)9-12)10-18-14-3-1-2-4-15(14)21-6-5-19-20-21/h1-9,18H,10H2. The first kappa shape index (κ1) is 13.2. The Morgan fingerprint density at radius 1 is 1.05 bits per heavy atom. The zero-order chi connectivity index (χ0) is 14.7. The number of benzene rings is 2. The highest BCUT2D eigenvalue weighted by Crippen LogP contribution is 2.20. The summed E-state index contributed by atoms with van der Waals surface area (Å²) in [7, 11) is 0. The summed E-state index contributed by atoms with van der Waals surface area (Å²) in [5, 5.41) is 10.9. The summed E-state index contributed by atoms with van der Waals surface area (Å²) in [4.78, 5) is 0. The quantitative estimate of drug-likeness (QED) is 0.801. The number of nitrogens with zero attached hydrogens (tertiary/aromatic N) is 3. The van der Waals surface area contributed by atoms with Crippen molar-refractivity contribution in [2.24, 2.45) is 0 Å². The van der Waals surface area contributed by atoms with E-state index in [-0.39, 0.29) is 0 Å². The SMILES string of the molecule is Fc1cc(F)cc(CNc2ccccc2-n2ccnn2)c1. The molecule has 2 aromatic carbocycles. The molecule has 0 fully saturated rings. The molecule has 0 spiro atoms. The van der Waals surface area contributed by atoms with Gasteiger partial charge in [-0.25, -0.2) is 13.5 Å². The molecule has 0 radical (unpaired) electrons. The van der Waals surface area contributed by atoms with Gasteiger partial charge in [-0.3, -0.25) is 0 Å². The van der Waals surface area contributed by atoms with Crippen LogP contribution in [0.25, 0.3) is 5.69 Å². The van der Waals surface area contributed by atoms with E-state index in [4.69, 9.17) is 0 Å². The Hall–Kier alpha value is -2.76. The predicted octanol–water partition coefficient (Wildman–Crippen LogP) is 3.16. The maximum absolute atomic E-state index is 13.2. The average molecular weight is 286 g/mol. The number of nitrogens with one attached hydrogen (secondary N) is 1. The monoisotopic (exact) mass is 286 g/mol. The lowest BCUT2D eigenvalue weighted by molar-refractivity contribution is 0.580. The van der Waals surface area contributed by atoms with E-state index in [1.54, 1.807) is 17.1 Å². The molecule has 0 atom stereocenters. The van der Waals surface area contributed by atoms with Crippen LogP contribution in [0.15, 0.2) is 54.9 Å². The topological polar surface area (TPSA) is 42.7 Å². The van der Waals surface area contributed by atoms with E-state index in [0.717, 1.165) is 17.4 Å². The van der Waals surface area contributed by atoms with Crippen LogP contribution < -0.4 is 5.32 Å². The van der Waals surface area contributed by atoms with Gasteiger partial charge >= 0.3 is 0 Å². The van der Waals surface area contributed by atoms with Crippen LogP contribution in [0.2, 0.25) is 0 Å². The number of aromatic nitrogens is 3. The van der Waals surface area contributed by atoms with Gasteiger partial charge in [-0.05, 0) is 29.8 Å². The van der Waals surface area contributed by atoms with Crippen LogP contribution in [-0.4, -0.2) is 15.0 Å². The lowest BCUT2D eigenvalue weighted by Crippen LogP contribution is -2.05. The number of hydrogen-bond donors (Lipinski definition) is 1. The minimum absolute atomic E-state index is 0.306. The van der Waals surface area contributed by atoms with E-state index in [9.17, 15) is 8.78 Å². The van der Waals surface area contributed by atoms with Crippen molar-refractivity contribution in [3.63, 3.8) is 0 Å². The molecule has 4 nitrogen and oxygen atoms in total. The molecule has 0 aliphatic rings. The fraction of sp³-hybridized carbons (Fsp3) is 0.0667. The van der Waals surface area contributed by atoms with Crippen molar-refractivity contribution in [2.75, 3.05) is 5.32 Å². The van der Waals surface area contributed by atoms with Crippen molar-refractivity contribution in [3.05, 3.63) is 72.1 Å². The van der Waals surface area contributed by atoms with E-state index < -0.39 is 11.6 Å². The summed E-state index contributed by atoms with van der Waals surface area (Å²) in [6, 6.07) is 10.9. The van der Waals surface area contributed by atoms with Crippen LogP contribution in [0.4, 0.5) is 14.5 Å². The zero-order valence-electron chi connectivity index (χ0n) is 11.0. The Labute approximate surface area is 120 Å². The number of rotatable bonds is 4. The lowest BCUT2D eigenvalue weighted by atomic mass is 10.2. The molecule has 6 heteroatoms. The molecule has 0 bridgehead atoms. The van der Waals surface area contributed by atoms with Crippen LogP contribution in [0, 0.1) is 11.6 Å². The maximum Gasteiger partial charge on any atom is 0.126 e. The van der Waals surface area contributed by atoms with E-state index >= 15 is 0 Å². The highest BCUT2D eigenvalue weighted by atomic mass is 19.1. The average Bonchev–Trinajstić information content (AvgIpc) is 2.98. The first-order valence-electron chi connectivity index (χ1n) is 6.37. The fourth-order valence-corrected chi connectivity index (χ4v) is 2.07. The van der Waals surface area contributed by atoms with Gasteiger partial charge in [0.2, 0.25) is 0 Å². The zero-order valence-corrected chi connectivity index (χ0v) is 11.0. The van der Waals surface area contributed by atoms with Crippen LogP contribution >= 0.6 is 0 Å². The molecule has 0 saturated carbocycles. The Bertz CT molecular complexity index is 721. The summed E-state index contributed by atoms with van der Waals surface area (Å²) in [6.45, 7) is 0.306. The Kier molecular flexibility index (Phi) is 3.59. The van der Waals surface area contributed by atoms with Crippen molar-refractivity contribution < 1.29 is 8.78 Å². The van der Waals surface area contributed by atoms with Crippen LogP contribution in [0.1, 0.15) is 5.56 Å². The van der Waals surface area contributed by atoms with Gasteiger partial charge in [0.1, 0.15) is 11.6 Å². The molecule has 106 valence electrons. The first-order chi connectivity index (χ1) is 10.2. The Balaban J connectivity index is 1.82. The highest BCUT2D eigenvalue weighted by molar-refractivity contribution is 5.60. The van der Waals surface area contributed by atoms with Gasteiger partial charge in [0.15, 0.2) is 0 Å². The van der Waals surface area contributed by atoms with Crippen molar-refractivity contribution in [1.82, 2.24) is 15.0 Å². The molecule has 0 amide bonds. The van der Waals surface area contributed by atoms with Gasteiger partial charge in [-0.15, -0.1) is 5.10 Å². The van der Waals surface area contributed by atoms with Gasteiger partial charge in [0.25, 0.3) is 0 Å². The summed E-state index contributed by atoms with van der Waals surface area (Å²) >= 11 is 0. The molecule has 0 saturated heterocycles. The van der Waals surface area contributed by atoms with E-state index in [2.05, 4.69) is 15.6 Å². The van der Waals surface area contributed by atoms with Gasteiger partial charge in [0, 0.05) is 12.6 Å². The second-order valence-corrected chi connectivity index (χ2v) is 4.50. The third-order valence-electron chi connectivity index (χ3n) is 2.98. The summed E-state index contributed by atoms with van der Waals surface area (Å²) in [6.07, 6.45) is 3.31. The van der Waals surface area contributed by atoms with Gasteiger partial charge in [-0.1, -0.05) is 17.3 Å². The molecular formula is C15H12F2N4. The molecule has 21 heavy (non-hydrogen) atoms. The van der Waals surface area contributed by atoms with E-state index in [1.807, 2.05) is 24.3 Å². The summed E-state index contributed by atoms with van der Waals surface area (Å²) in [5.41, 5.74) is 2.14. The lowest BCUT2D eigenvalue weighted by Gasteiger charge is -2.11. The Morgan fingerprint density at radius 2 is 1.81 bits per heavy atom. The third-order valence-corrected chi connectivity index (χ3v) is 2.98. The largest absolute Gasteiger partial charge is 0.379 e. The summed E-state index contributed by atoms with van der Waals surface area (Å²) < 4.78 is 28.0. The van der Waals surface area contributed by atoms with E-state index in [0.29, 0.717) is 12.1 Å². The second-order valence-electron chi connectivity index (χ2n) is 4.50. The molecule has 3 rings (SSSR count). The predicted molar refractivity (Wildman–Crippen MR) is 75.0 cm³/mol. The highest BCUT2D eigenvalue weighted by Gasteiger charge is 2.05. The molecule has 3 aromatic rings. The number of anilines is 1. The van der Waals surface area contributed by atoms with Gasteiger partial charge < -0.3 is 5.32 Å². The summed E-state index contributed by atoms with van der Waals surface area (Å²) in [5.74, 6) is -1.17. The first-order valence-corrected chi connectivity index (χ1v) is 6.37. The second kappa shape index (κ2) is 5.70. The van der Waals surface area contributed by atoms with Crippen LogP contribution in [0.5, 0.6) is 0 Å². The van der Waals surface area contributed by atoms with Crippen molar-refractivity contribution in [2.45, 2.75) is 6.54 Å². The van der Waals surface area contributed by atoms with E-state index in [1.165, 1.54) is 12.1 Å². The minimum atomic E-state index is -0.587. The third kappa shape index (κ3) is 3.05. The number of halogens is 2. The minimum Gasteiger partial charge on any atom is -0.379 e. The number of para-hydroxylation sites is 2. The molecule has 0 aliphatic carbocycles. The molecule has 1 N–H and O–H groups in total. The van der Waals surface area contributed by atoms with Crippen LogP contribution in [0.3, 0.4) is 0 Å². The molecular weight excluding hydrogens is 274 g/mol. The maximum atomic E-state index is 13.2. The van der Waals surface area contributed by atoms with Gasteiger partial charge in [0.05, 0.1) is 23.8 Å². The molecule has 1 aromatic heterocycles. The Morgan fingerprint density at radius 3 is 2.52 bits per heavy atom. The molecule has 1 heterocycles.